The predicted molar refractivity (Wildman–Crippen MR) is 87.6 cm³/mol. The molecule has 2 aromatic rings. The van der Waals surface area contributed by atoms with E-state index in [1.807, 2.05) is 42.1 Å². The number of carboxylic acid groups (broad SMARTS) is 1. The Kier molecular flexibility index (Phi) is 3.38. The maximum absolute atomic E-state index is 12.7. The SMILES string of the molecule is Cn1cc(CC(=O)N2C[C@@H]3COC[C@]3(C(=O)O)C2)c2ccccc21. The second kappa shape index (κ2) is 5.34. The highest BCUT2D eigenvalue weighted by molar-refractivity contribution is 5.90. The number of aliphatic carboxylic acids is 1. The third-order valence-electron chi connectivity index (χ3n) is 5.47. The zero-order valence-electron chi connectivity index (χ0n) is 13.6. The molecule has 126 valence electrons. The normalized spacial score (nSPS) is 26.0. The van der Waals surface area contributed by atoms with E-state index in [1.165, 1.54) is 0 Å². The summed E-state index contributed by atoms with van der Waals surface area (Å²) in [6.45, 7) is 1.34. The topological polar surface area (TPSA) is 71.8 Å². The minimum Gasteiger partial charge on any atom is -0.481 e. The van der Waals surface area contributed by atoms with Crippen molar-refractivity contribution in [2.24, 2.45) is 18.4 Å². The molecule has 0 saturated carbocycles. The third kappa shape index (κ3) is 2.13. The number of likely N-dealkylation sites (tertiary alicyclic amines) is 1. The first-order valence-corrected chi connectivity index (χ1v) is 8.13. The van der Waals surface area contributed by atoms with Crippen LogP contribution in [-0.2, 0) is 27.8 Å². The van der Waals surface area contributed by atoms with E-state index in [0.29, 0.717) is 19.6 Å². The average molecular weight is 328 g/mol. The molecule has 1 N–H and O–H groups in total. The van der Waals surface area contributed by atoms with Crippen LogP contribution in [0.25, 0.3) is 10.9 Å². The van der Waals surface area contributed by atoms with E-state index in [4.69, 9.17) is 4.74 Å². The maximum Gasteiger partial charge on any atom is 0.314 e. The number of amides is 1. The van der Waals surface area contributed by atoms with Gasteiger partial charge in [-0.15, -0.1) is 0 Å². The van der Waals surface area contributed by atoms with Gasteiger partial charge < -0.3 is 19.3 Å². The Morgan fingerprint density at radius 1 is 1.38 bits per heavy atom. The molecule has 1 aromatic heterocycles. The summed E-state index contributed by atoms with van der Waals surface area (Å²) in [4.78, 5) is 26.1. The number of para-hydroxylation sites is 1. The lowest BCUT2D eigenvalue weighted by Gasteiger charge is -2.22. The fourth-order valence-corrected chi connectivity index (χ4v) is 4.07. The van der Waals surface area contributed by atoms with E-state index in [9.17, 15) is 14.7 Å². The molecule has 0 aliphatic carbocycles. The first kappa shape index (κ1) is 15.2. The maximum atomic E-state index is 12.7. The zero-order chi connectivity index (χ0) is 16.9. The van der Waals surface area contributed by atoms with Crippen LogP contribution >= 0.6 is 0 Å². The highest BCUT2D eigenvalue weighted by atomic mass is 16.5. The molecule has 0 radical (unpaired) electrons. The van der Waals surface area contributed by atoms with Crippen LogP contribution in [0.4, 0.5) is 0 Å². The molecule has 3 heterocycles. The summed E-state index contributed by atoms with van der Waals surface area (Å²) in [5.41, 5.74) is 1.15. The lowest BCUT2D eigenvalue weighted by molar-refractivity contribution is -0.149. The third-order valence-corrected chi connectivity index (χ3v) is 5.47. The molecule has 6 heteroatoms. The molecule has 2 fully saturated rings. The van der Waals surface area contributed by atoms with Crippen molar-refractivity contribution < 1.29 is 19.4 Å². The molecule has 0 spiro atoms. The predicted octanol–water partition coefficient (Wildman–Crippen LogP) is 1.28. The van der Waals surface area contributed by atoms with Crippen molar-refractivity contribution >= 4 is 22.8 Å². The Labute approximate surface area is 139 Å². The van der Waals surface area contributed by atoms with Crippen molar-refractivity contribution in [1.82, 2.24) is 9.47 Å². The van der Waals surface area contributed by atoms with Crippen molar-refractivity contribution in [2.75, 3.05) is 26.3 Å². The number of carboxylic acids is 1. The van der Waals surface area contributed by atoms with E-state index in [0.717, 1.165) is 16.5 Å². The number of hydrogen-bond acceptors (Lipinski definition) is 3. The fourth-order valence-electron chi connectivity index (χ4n) is 4.07. The number of hydrogen-bond donors (Lipinski definition) is 1. The van der Waals surface area contributed by atoms with Crippen molar-refractivity contribution in [1.29, 1.82) is 0 Å². The summed E-state index contributed by atoms with van der Waals surface area (Å²) in [5, 5.41) is 10.7. The highest BCUT2D eigenvalue weighted by Crippen LogP contribution is 2.41. The van der Waals surface area contributed by atoms with Crippen molar-refractivity contribution in [3.8, 4) is 0 Å². The molecular weight excluding hydrogens is 308 g/mol. The molecule has 2 saturated heterocycles. The standard InChI is InChI=1S/C18H20N2O4/c1-19-7-12(14-4-2-3-5-15(14)19)6-16(21)20-8-13-9-24-11-18(13,10-20)17(22)23/h2-5,7,13H,6,8-11H2,1H3,(H,22,23)/t13-,18-/m1/s1. The number of ether oxygens (including phenoxy) is 1. The van der Waals surface area contributed by atoms with Gasteiger partial charge in [0.15, 0.2) is 0 Å². The minimum atomic E-state index is -0.922. The molecule has 1 amide bonds. The molecule has 1 aromatic carbocycles. The van der Waals surface area contributed by atoms with Crippen molar-refractivity contribution in [3.05, 3.63) is 36.0 Å². The van der Waals surface area contributed by atoms with Gasteiger partial charge in [0.1, 0.15) is 5.41 Å². The van der Waals surface area contributed by atoms with Crippen LogP contribution in [0.3, 0.4) is 0 Å². The second-order valence-corrected chi connectivity index (χ2v) is 6.91. The summed E-state index contributed by atoms with van der Waals surface area (Å²) in [6.07, 6.45) is 2.28. The Morgan fingerprint density at radius 3 is 2.92 bits per heavy atom. The van der Waals surface area contributed by atoms with Gasteiger partial charge in [0.05, 0.1) is 19.6 Å². The number of carbonyl (C=O) groups excluding carboxylic acids is 1. The fraction of sp³-hybridized carbons (Fsp3) is 0.444. The van der Waals surface area contributed by atoms with Gasteiger partial charge in [-0.3, -0.25) is 9.59 Å². The van der Waals surface area contributed by atoms with Crippen LogP contribution in [0.5, 0.6) is 0 Å². The first-order chi connectivity index (χ1) is 11.5. The zero-order valence-corrected chi connectivity index (χ0v) is 13.6. The number of benzene rings is 1. The largest absolute Gasteiger partial charge is 0.481 e. The first-order valence-electron chi connectivity index (χ1n) is 8.13. The van der Waals surface area contributed by atoms with Crippen LogP contribution in [-0.4, -0.2) is 52.8 Å². The summed E-state index contributed by atoms with van der Waals surface area (Å²) in [7, 11) is 1.97. The molecular formula is C18H20N2O4. The molecule has 24 heavy (non-hydrogen) atoms. The van der Waals surface area contributed by atoms with Crippen molar-refractivity contribution in [3.63, 3.8) is 0 Å². The van der Waals surface area contributed by atoms with E-state index < -0.39 is 11.4 Å². The summed E-state index contributed by atoms with van der Waals surface area (Å²) < 4.78 is 7.38. The molecule has 2 aliphatic heterocycles. The Balaban J connectivity index is 1.56. The second-order valence-electron chi connectivity index (χ2n) is 6.91. The molecule has 0 bridgehead atoms. The smallest absolute Gasteiger partial charge is 0.314 e. The van der Waals surface area contributed by atoms with E-state index in [1.54, 1.807) is 4.90 Å². The molecule has 6 nitrogen and oxygen atoms in total. The van der Waals surface area contributed by atoms with E-state index in [2.05, 4.69) is 0 Å². The Bertz CT molecular complexity index is 828. The highest BCUT2D eigenvalue weighted by Gasteiger charge is 2.57. The van der Waals surface area contributed by atoms with E-state index in [-0.39, 0.29) is 25.0 Å². The van der Waals surface area contributed by atoms with Gasteiger partial charge in [0.2, 0.25) is 5.91 Å². The van der Waals surface area contributed by atoms with Gasteiger partial charge in [0, 0.05) is 43.2 Å². The summed E-state index contributed by atoms with van der Waals surface area (Å²) in [5.74, 6) is -0.974. The van der Waals surface area contributed by atoms with Crippen LogP contribution in [0.2, 0.25) is 0 Å². The van der Waals surface area contributed by atoms with Gasteiger partial charge in [-0.05, 0) is 11.6 Å². The monoisotopic (exact) mass is 328 g/mol. The van der Waals surface area contributed by atoms with Gasteiger partial charge in [-0.1, -0.05) is 18.2 Å². The number of aryl methyl sites for hydroxylation is 1. The van der Waals surface area contributed by atoms with Crippen LogP contribution < -0.4 is 0 Å². The molecule has 2 aliphatic rings. The quantitative estimate of drug-likeness (QED) is 0.921. The van der Waals surface area contributed by atoms with Gasteiger partial charge >= 0.3 is 5.97 Å². The number of rotatable bonds is 3. The number of carbonyl (C=O) groups is 2. The van der Waals surface area contributed by atoms with Crippen LogP contribution in [0.1, 0.15) is 5.56 Å². The Hall–Kier alpha value is -2.34. The lowest BCUT2D eigenvalue weighted by atomic mass is 9.81. The summed E-state index contributed by atoms with van der Waals surface area (Å²) >= 11 is 0. The number of fused-ring (bicyclic) bond motifs is 2. The van der Waals surface area contributed by atoms with Crippen LogP contribution in [0, 0.1) is 11.3 Å². The van der Waals surface area contributed by atoms with Gasteiger partial charge in [-0.25, -0.2) is 0 Å². The number of aromatic nitrogens is 1. The summed E-state index contributed by atoms with van der Waals surface area (Å²) in [6, 6.07) is 7.99. The lowest BCUT2D eigenvalue weighted by Crippen LogP contribution is -2.40. The molecule has 4 rings (SSSR count). The molecule has 0 unspecified atom stereocenters. The van der Waals surface area contributed by atoms with Crippen LogP contribution in [0.15, 0.2) is 30.5 Å². The van der Waals surface area contributed by atoms with Gasteiger partial charge in [-0.2, -0.15) is 0 Å². The molecule has 2 atom stereocenters. The average Bonchev–Trinajstić information content (AvgIpc) is 3.20. The van der Waals surface area contributed by atoms with E-state index >= 15 is 0 Å². The minimum absolute atomic E-state index is 0.0126. The number of nitrogens with zero attached hydrogens (tertiary/aromatic N) is 2. The van der Waals surface area contributed by atoms with Gasteiger partial charge in [0.25, 0.3) is 0 Å². The Morgan fingerprint density at radius 2 is 2.17 bits per heavy atom. The van der Waals surface area contributed by atoms with Crippen molar-refractivity contribution in [2.45, 2.75) is 6.42 Å².